The molecule has 0 spiro atoms. The lowest BCUT2D eigenvalue weighted by Crippen LogP contribution is -2.32. The molecule has 4 N–H and O–H groups in total. The summed E-state index contributed by atoms with van der Waals surface area (Å²) in [4.78, 5) is 12.0. The molecule has 0 aromatic heterocycles. The summed E-state index contributed by atoms with van der Waals surface area (Å²) in [5.74, 6) is -0.608. The van der Waals surface area contributed by atoms with Gasteiger partial charge in [-0.25, -0.2) is 26.7 Å². The van der Waals surface area contributed by atoms with Crippen LogP contribution >= 0.6 is 0 Å². The lowest BCUT2D eigenvalue weighted by atomic mass is 10.1. The van der Waals surface area contributed by atoms with Crippen molar-refractivity contribution in [1.29, 1.82) is 0 Å². The number of nitrogens with one attached hydrogen (secondary N) is 2. The van der Waals surface area contributed by atoms with Crippen molar-refractivity contribution in [3.8, 4) is 11.1 Å². The van der Waals surface area contributed by atoms with Crippen LogP contribution in [0.15, 0.2) is 88.7 Å². The van der Waals surface area contributed by atoms with Crippen LogP contribution in [0, 0.1) is 0 Å². The maximum absolute atomic E-state index is 12.4. The lowest BCUT2D eigenvalue weighted by Gasteiger charge is -2.09. The van der Waals surface area contributed by atoms with Gasteiger partial charge in [-0.3, -0.25) is 4.79 Å². The van der Waals surface area contributed by atoms with E-state index in [1.54, 1.807) is 12.1 Å². The number of sulfonamides is 2. The smallest absolute Gasteiger partial charge is 0.241 e. The maximum atomic E-state index is 12.4. The number of benzene rings is 3. The van der Waals surface area contributed by atoms with Gasteiger partial charge < -0.3 is 5.32 Å². The number of hydrogen-bond acceptors (Lipinski definition) is 5. The van der Waals surface area contributed by atoms with Crippen molar-refractivity contribution in [3.05, 3.63) is 78.9 Å². The fourth-order valence-electron chi connectivity index (χ4n) is 2.63. The van der Waals surface area contributed by atoms with Gasteiger partial charge >= 0.3 is 0 Å². The minimum absolute atomic E-state index is 0.0347. The third-order valence-corrected chi connectivity index (χ3v) is 6.51. The molecule has 1 amide bonds. The molecule has 156 valence electrons. The van der Waals surface area contributed by atoms with E-state index in [0.717, 1.165) is 11.1 Å². The van der Waals surface area contributed by atoms with Gasteiger partial charge in [0.15, 0.2) is 0 Å². The van der Waals surface area contributed by atoms with E-state index in [-0.39, 0.29) is 9.79 Å². The molecule has 0 radical (unpaired) electrons. The Morgan fingerprint density at radius 1 is 0.733 bits per heavy atom. The largest absolute Gasteiger partial charge is 0.325 e. The fraction of sp³-hybridized carbons (Fsp3) is 0.0500. The molecule has 0 saturated heterocycles. The molecule has 0 unspecified atom stereocenters. The second-order valence-corrected chi connectivity index (χ2v) is 9.66. The van der Waals surface area contributed by atoms with Crippen LogP contribution in [-0.2, 0) is 24.8 Å². The quantitative estimate of drug-likeness (QED) is 0.510. The first-order valence-corrected chi connectivity index (χ1v) is 11.8. The number of carbonyl (C=O) groups is 1. The van der Waals surface area contributed by atoms with Gasteiger partial charge in [-0.1, -0.05) is 42.5 Å². The second kappa shape index (κ2) is 8.76. The molecule has 3 aromatic rings. The average molecular weight is 446 g/mol. The van der Waals surface area contributed by atoms with Crippen LogP contribution in [0.25, 0.3) is 11.1 Å². The van der Waals surface area contributed by atoms with Crippen LogP contribution in [0.4, 0.5) is 5.69 Å². The third kappa shape index (κ3) is 5.51. The Hall–Kier alpha value is -3.05. The van der Waals surface area contributed by atoms with E-state index in [0.29, 0.717) is 5.69 Å². The van der Waals surface area contributed by atoms with Gasteiger partial charge in [0.05, 0.1) is 16.3 Å². The predicted molar refractivity (Wildman–Crippen MR) is 114 cm³/mol. The minimum Gasteiger partial charge on any atom is -0.325 e. The van der Waals surface area contributed by atoms with Crippen LogP contribution < -0.4 is 15.2 Å². The second-order valence-electron chi connectivity index (χ2n) is 6.33. The summed E-state index contributed by atoms with van der Waals surface area (Å²) in [6.45, 7) is -0.486. The van der Waals surface area contributed by atoms with Crippen molar-refractivity contribution < 1.29 is 21.6 Å². The molecule has 0 saturated carbocycles. The fourth-order valence-corrected chi connectivity index (χ4v) is 4.13. The predicted octanol–water partition coefficient (Wildman–Crippen LogP) is 1.92. The van der Waals surface area contributed by atoms with E-state index in [1.807, 2.05) is 30.3 Å². The summed E-state index contributed by atoms with van der Waals surface area (Å²) < 4.78 is 49.5. The molecule has 0 aliphatic carbocycles. The molecule has 0 fully saturated rings. The summed E-state index contributed by atoms with van der Waals surface area (Å²) in [7, 11) is -7.71. The zero-order chi connectivity index (χ0) is 21.8. The zero-order valence-corrected chi connectivity index (χ0v) is 17.3. The molecule has 3 aromatic carbocycles. The highest BCUT2D eigenvalue weighted by molar-refractivity contribution is 7.89. The highest BCUT2D eigenvalue weighted by Gasteiger charge is 2.16. The maximum Gasteiger partial charge on any atom is 0.241 e. The van der Waals surface area contributed by atoms with Gasteiger partial charge in [0, 0.05) is 5.69 Å². The minimum atomic E-state index is -3.88. The molecule has 0 bridgehead atoms. The molecular formula is C20H19N3O5S2. The average Bonchev–Trinajstić information content (AvgIpc) is 2.73. The van der Waals surface area contributed by atoms with Gasteiger partial charge in [0.1, 0.15) is 0 Å². The lowest BCUT2D eigenvalue weighted by molar-refractivity contribution is -0.115. The number of carbonyl (C=O) groups excluding carboxylic acids is 1. The van der Waals surface area contributed by atoms with Crippen LogP contribution in [0.3, 0.4) is 0 Å². The first-order valence-electron chi connectivity index (χ1n) is 8.73. The SMILES string of the molecule is NS(=O)(=O)c1ccc(NC(=O)CNS(=O)(=O)c2ccc(-c3ccccc3)cc2)cc1. The van der Waals surface area contributed by atoms with E-state index >= 15 is 0 Å². The Morgan fingerprint density at radius 2 is 1.27 bits per heavy atom. The summed E-state index contributed by atoms with van der Waals surface area (Å²) in [6.07, 6.45) is 0. The van der Waals surface area contributed by atoms with Gasteiger partial charge in [-0.2, -0.15) is 0 Å². The Labute approximate surface area is 174 Å². The molecule has 30 heavy (non-hydrogen) atoms. The number of amides is 1. The van der Waals surface area contributed by atoms with E-state index in [1.165, 1.54) is 36.4 Å². The summed E-state index contributed by atoms with van der Waals surface area (Å²) in [5.41, 5.74) is 2.14. The van der Waals surface area contributed by atoms with Crippen molar-refractivity contribution in [2.45, 2.75) is 9.79 Å². The highest BCUT2D eigenvalue weighted by Crippen LogP contribution is 2.21. The first kappa shape index (κ1) is 21.7. The first-order chi connectivity index (χ1) is 14.1. The Balaban J connectivity index is 1.61. The molecule has 8 nitrogen and oxygen atoms in total. The van der Waals surface area contributed by atoms with E-state index < -0.39 is 32.5 Å². The molecule has 0 heterocycles. The zero-order valence-electron chi connectivity index (χ0n) is 15.6. The van der Waals surface area contributed by atoms with E-state index in [4.69, 9.17) is 5.14 Å². The van der Waals surface area contributed by atoms with Crippen molar-refractivity contribution in [1.82, 2.24) is 4.72 Å². The number of rotatable bonds is 7. The molecule has 10 heteroatoms. The van der Waals surface area contributed by atoms with Gasteiger partial charge in [-0.05, 0) is 47.5 Å². The number of hydrogen-bond donors (Lipinski definition) is 3. The number of primary sulfonamides is 1. The standard InChI is InChI=1S/C20H19N3O5S2/c21-29(25,26)18-12-8-17(9-13-18)23-20(24)14-22-30(27,28)19-10-6-16(7-11-19)15-4-2-1-3-5-15/h1-13,22H,14H2,(H,23,24)(H2,21,25,26). The Morgan fingerprint density at radius 3 is 1.83 bits per heavy atom. The summed E-state index contributed by atoms with van der Waals surface area (Å²) in [5, 5.41) is 7.48. The summed E-state index contributed by atoms with van der Waals surface area (Å²) in [6, 6.07) is 21.0. The Bertz CT molecular complexity index is 1240. The van der Waals surface area contributed by atoms with Crippen molar-refractivity contribution >= 4 is 31.6 Å². The van der Waals surface area contributed by atoms with Crippen LogP contribution in [0.2, 0.25) is 0 Å². The van der Waals surface area contributed by atoms with Gasteiger partial charge in [-0.15, -0.1) is 0 Å². The van der Waals surface area contributed by atoms with E-state index in [2.05, 4.69) is 10.0 Å². The molecule has 0 aliphatic heterocycles. The van der Waals surface area contributed by atoms with Crippen molar-refractivity contribution in [2.24, 2.45) is 5.14 Å². The van der Waals surface area contributed by atoms with E-state index in [9.17, 15) is 21.6 Å². The van der Waals surface area contributed by atoms with Crippen LogP contribution in [0.5, 0.6) is 0 Å². The number of nitrogens with two attached hydrogens (primary N) is 1. The van der Waals surface area contributed by atoms with Gasteiger partial charge in [0.2, 0.25) is 26.0 Å². The normalized spacial score (nSPS) is 11.8. The van der Waals surface area contributed by atoms with Crippen molar-refractivity contribution in [3.63, 3.8) is 0 Å². The summed E-state index contributed by atoms with van der Waals surface area (Å²) >= 11 is 0. The molecular weight excluding hydrogens is 426 g/mol. The monoisotopic (exact) mass is 445 g/mol. The molecule has 0 atom stereocenters. The topological polar surface area (TPSA) is 135 Å². The highest BCUT2D eigenvalue weighted by atomic mass is 32.2. The van der Waals surface area contributed by atoms with Crippen LogP contribution in [-0.4, -0.2) is 29.3 Å². The van der Waals surface area contributed by atoms with Gasteiger partial charge in [0.25, 0.3) is 0 Å². The van der Waals surface area contributed by atoms with Crippen LogP contribution in [0.1, 0.15) is 0 Å². The Kier molecular flexibility index (Phi) is 6.32. The number of anilines is 1. The van der Waals surface area contributed by atoms with Crippen molar-refractivity contribution in [2.75, 3.05) is 11.9 Å². The third-order valence-electron chi connectivity index (χ3n) is 4.16. The molecule has 3 rings (SSSR count). The molecule has 0 aliphatic rings.